The Labute approximate surface area is 125 Å². The second-order valence-corrected chi connectivity index (χ2v) is 6.85. The second-order valence-electron chi connectivity index (χ2n) is 5.40. The molecular weight excluding hydrogens is 289 g/mol. The Morgan fingerprint density at radius 2 is 2.10 bits per heavy atom. The van der Waals surface area contributed by atoms with Crippen molar-refractivity contribution in [2.45, 2.75) is 42.4 Å². The van der Waals surface area contributed by atoms with Gasteiger partial charge >= 0.3 is 0 Å². The first-order valence-corrected chi connectivity index (χ1v) is 8.43. The van der Waals surface area contributed by atoms with E-state index >= 15 is 0 Å². The summed E-state index contributed by atoms with van der Waals surface area (Å²) >= 11 is 0. The van der Waals surface area contributed by atoms with Crippen LogP contribution in [0.15, 0.2) is 35.4 Å². The number of anilines is 1. The molecule has 0 saturated heterocycles. The van der Waals surface area contributed by atoms with Crippen molar-refractivity contribution >= 4 is 16.5 Å². The number of benzene rings is 1. The van der Waals surface area contributed by atoms with E-state index in [0.29, 0.717) is 16.7 Å². The predicted molar refractivity (Wildman–Crippen MR) is 80.7 cm³/mol. The topological polar surface area (TPSA) is 60.9 Å². The van der Waals surface area contributed by atoms with E-state index in [1.54, 1.807) is 6.07 Å². The van der Waals surface area contributed by atoms with Crippen molar-refractivity contribution in [2.75, 3.05) is 5.73 Å². The summed E-state index contributed by atoms with van der Waals surface area (Å²) in [6.07, 6.45) is 6.76. The molecular formula is C15H18FN3OS. The van der Waals surface area contributed by atoms with Crippen LogP contribution in [0.4, 0.5) is 10.1 Å². The van der Waals surface area contributed by atoms with Gasteiger partial charge in [-0.1, -0.05) is 12.8 Å². The van der Waals surface area contributed by atoms with E-state index in [4.69, 9.17) is 5.73 Å². The average molecular weight is 307 g/mol. The lowest BCUT2D eigenvalue weighted by Gasteiger charge is -2.08. The van der Waals surface area contributed by atoms with Gasteiger partial charge in [0.15, 0.2) is 0 Å². The molecule has 0 radical (unpaired) electrons. The first kappa shape index (κ1) is 14.3. The molecule has 112 valence electrons. The first-order valence-electron chi connectivity index (χ1n) is 7.11. The second kappa shape index (κ2) is 5.97. The zero-order chi connectivity index (χ0) is 14.8. The normalized spacial score (nSPS) is 17.2. The fraction of sp³-hybridized carbons (Fsp3) is 0.400. The molecule has 4 nitrogen and oxygen atoms in total. The van der Waals surface area contributed by atoms with E-state index in [2.05, 4.69) is 5.10 Å². The van der Waals surface area contributed by atoms with E-state index in [-0.39, 0.29) is 5.69 Å². The average Bonchev–Trinajstić information content (AvgIpc) is 3.12. The largest absolute Gasteiger partial charge is 0.396 e. The summed E-state index contributed by atoms with van der Waals surface area (Å²) in [6.45, 7) is 0. The van der Waals surface area contributed by atoms with Gasteiger partial charge in [-0.15, -0.1) is 0 Å². The summed E-state index contributed by atoms with van der Waals surface area (Å²) in [5.74, 6) is -0.236. The standard InChI is InChI=1S/C15H18FN3OS/c16-14-9-13(5-6-15(14)17)21(20)10-11-7-8-19(18-11)12-3-1-2-4-12/h5-9,12H,1-4,10,17H2. The minimum atomic E-state index is -1.31. The van der Waals surface area contributed by atoms with Gasteiger partial charge in [0.1, 0.15) is 5.82 Å². The van der Waals surface area contributed by atoms with Gasteiger partial charge in [0.25, 0.3) is 0 Å². The van der Waals surface area contributed by atoms with Crippen LogP contribution in [0.5, 0.6) is 0 Å². The molecule has 0 spiro atoms. The first-order chi connectivity index (χ1) is 10.1. The van der Waals surface area contributed by atoms with Crippen molar-refractivity contribution in [2.24, 2.45) is 0 Å². The Morgan fingerprint density at radius 1 is 1.33 bits per heavy atom. The summed E-state index contributed by atoms with van der Waals surface area (Å²) in [5, 5.41) is 4.50. The van der Waals surface area contributed by atoms with Crippen molar-refractivity contribution in [1.82, 2.24) is 9.78 Å². The third-order valence-corrected chi connectivity index (χ3v) is 5.21. The number of hydrogen-bond acceptors (Lipinski definition) is 3. The van der Waals surface area contributed by atoms with Gasteiger partial charge in [-0.05, 0) is 37.1 Å². The van der Waals surface area contributed by atoms with Crippen LogP contribution in [0, 0.1) is 5.82 Å². The number of aromatic nitrogens is 2. The molecule has 1 saturated carbocycles. The minimum Gasteiger partial charge on any atom is -0.396 e. The minimum absolute atomic E-state index is 0.0706. The molecule has 0 bridgehead atoms. The van der Waals surface area contributed by atoms with Crippen LogP contribution in [0.3, 0.4) is 0 Å². The molecule has 21 heavy (non-hydrogen) atoms. The van der Waals surface area contributed by atoms with Gasteiger partial charge in [-0.25, -0.2) is 4.39 Å². The molecule has 1 unspecified atom stereocenters. The molecule has 1 fully saturated rings. The zero-order valence-corrected chi connectivity index (χ0v) is 12.5. The maximum atomic E-state index is 13.4. The van der Waals surface area contributed by atoms with Gasteiger partial charge in [0, 0.05) is 11.1 Å². The van der Waals surface area contributed by atoms with Gasteiger partial charge in [0.05, 0.1) is 34.0 Å². The van der Waals surface area contributed by atoms with E-state index < -0.39 is 16.6 Å². The summed E-state index contributed by atoms with van der Waals surface area (Å²) in [5.41, 5.74) is 6.27. The molecule has 2 aromatic rings. The number of hydrogen-bond donors (Lipinski definition) is 1. The molecule has 1 atom stereocenters. The number of nitrogen functional groups attached to an aromatic ring is 1. The van der Waals surface area contributed by atoms with Crippen LogP contribution in [0.2, 0.25) is 0 Å². The van der Waals surface area contributed by atoms with Gasteiger partial charge < -0.3 is 5.73 Å². The fourth-order valence-corrected chi connectivity index (χ4v) is 3.74. The van der Waals surface area contributed by atoms with Gasteiger partial charge in [0.2, 0.25) is 0 Å². The summed E-state index contributed by atoms with van der Waals surface area (Å²) in [4.78, 5) is 0.442. The summed E-state index contributed by atoms with van der Waals surface area (Å²) in [6, 6.07) is 6.65. The number of halogens is 1. The van der Waals surface area contributed by atoms with E-state index in [1.165, 1.54) is 25.0 Å². The third-order valence-electron chi connectivity index (χ3n) is 3.88. The summed E-state index contributed by atoms with van der Waals surface area (Å²) < 4.78 is 27.6. The van der Waals surface area contributed by atoms with Gasteiger partial charge in [-0.2, -0.15) is 5.10 Å². The molecule has 1 aliphatic carbocycles. The molecule has 1 aromatic carbocycles. The monoisotopic (exact) mass is 307 g/mol. The molecule has 1 heterocycles. The number of nitrogens with zero attached hydrogens (tertiary/aromatic N) is 2. The molecule has 2 N–H and O–H groups in total. The quantitative estimate of drug-likeness (QED) is 0.883. The Balaban J connectivity index is 1.70. The van der Waals surface area contributed by atoms with Crippen LogP contribution in [0.1, 0.15) is 37.4 Å². The van der Waals surface area contributed by atoms with Crippen LogP contribution >= 0.6 is 0 Å². The summed E-state index contributed by atoms with van der Waals surface area (Å²) in [7, 11) is -1.31. The van der Waals surface area contributed by atoms with E-state index in [1.807, 2.05) is 16.9 Å². The van der Waals surface area contributed by atoms with Crippen molar-refractivity contribution in [3.63, 3.8) is 0 Å². The highest BCUT2D eigenvalue weighted by atomic mass is 32.2. The Hall–Kier alpha value is -1.69. The molecule has 3 rings (SSSR count). The predicted octanol–water partition coefficient (Wildman–Crippen LogP) is 3.03. The lowest BCUT2D eigenvalue weighted by Crippen LogP contribution is -2.06. The highest BCUT2D eigenvalue weighted by Gasteiger charge is 2.18. The number of rotatable bonds is 4. The van der Waals surface area contributed by atoms with Crippen LogP contribution in [0.25, 0.3) is 0 Å². The Bertz CT molecular complexity index is 665. The smallest absolute Gasteiger partial charge is 0.147 e. The van der Waals surface area contributed by atoms with Crippen LogP contribution in [-0.2, 0) is 16.6 Å². The Morgan fingerprint density at radius 3 is 2.81 bits per heavy atom. The maximum absolute atomic E-state index is 13.4. The molecule has 1 aromatic heterocycles. The zero-order valence-electron chi connectivity index (χ0n) is 11.7. The lowest BCUT2D eigenvalue weighted by atomic mass is 10.3. The SMILES string of the molecule is Nc1ccc(S(=O)Cc2ccn(C3CCCC3)n2)cc1F. The van der Waals surface area contributed by atoms with Crippen molar-refractivity contribution in [1.29, 1.82) is 0 Å². The van der Waals surface area contributed by atoms with Gasteiger partial charge in [-0.3, -0.25) is 8.89 Å². The van der Waals surface area contributed by atoms with Crippen molar-refractivity contribution in [3.05, 3.63) is 42.0 Å². The van der Waals surface area contributed by atoms with Crippen LogP contribution in [-0.4, -0.2) is 14.0 Å². The molecule has 1 aliphatic rings. The van der Waals surface area contributed by atoms with E-state index in [9.17, 15) is 8.60 Å². The third kappa shape index (κ3) is 3.15. The molecule has 0 amide bonds. The van der Waals surface area contributed by atoms with E-state index in [0.717, 1.165) is 18.5 Å². The van der Waals surface area contributed by atoms with Crippen molar-refractivity contribution in [3.8, 4) is 0 Å². The number of nitrogens with two attached hydrogens (primary N) is 1. The van der Waals surface area contributed by atoms with Crippen LogP contribution < -0.4 is 5.73 Å². The Kier molecular flexibility index (Phi) is 4.05. The fourth-order valence-electron chi connectivity index (χ4n) is 2.69. The highest BCUT2D eigenvalue weighted by molar-refractivity contribution is 7.84. The molecule has 6 heteroatoms. The highest BCUT2D eigenvalue weighted by Crippen LogP contribution is 2.29. The maximum Gasteiger partial charge on any atom is 0.147 e. The lowest BCUT2D eigenvalue weighted by molar-refractivity contribution is 0.464. The van der Waals surface area contributed by atoms with Crippen molar-refractivity contribution < 1.29 is 8.60 Å². The molecule has 0 aliphatic heterocycles.